The number of rotatable bonds is 6. The number of morpholine rings is 1. The molecule has 0 amide bonds. The Kier molecular flexibility index (Phi) is 6.45. The summed E-state index contributed by atoms with van der Waals surface area (Å²) in [6.45, 7) is 1.37. The van der Waals surface area contributed by atoms with Crippen LogP contribution in [0.2, 0.25) is 0 Å². The van der Waals surface area contributed by atoms with Crippen LogP contribution in [0.4, 0.5) is 24.5 Å². The topological polar surface area (TPSA) is 121 Å². The highest BCUT2D eigenvalue weighted by molar-refractivity contribution is 5.96. The van der Waals surface area contributed by atoms with Gasteiger partial charge in [-0.05, 0) is 18.2 Å². The number of anilines is 1. The number of nitro benzene ring substituents is 1. The van der Waals surface area contributed by atoms with Crippen molar-refractivity contribution in [2.24, 2.45) is 0 Å². The second-order valence-corrected chi connectivity index (χ2v) is 7.22. The molecule has 0 saturated carbocycles. The summed E-state index contributed by atoms with van der Waals surface area (Å²) in [4.78, 5) is 29.1. The van der Waals surface area contributed by atoms with Gasteiger partial charge in [0.05, 0.1) is 35.0 Å². The van der Waals surface area contributed by atoms with E-state index in [9.17, 15) is 28.1 Å². The van der Waals surface area contributed by atoms with Crippen LogP contribution >= 0.6 is 0 Å². The van der Waals surface area contributed by atoms with Crippen molar-refractivity contribution >= 4 is 17.3 Å². The molecule has 1 aromatic heterocycles. The molecule has 0 radical (unpaired) electrons. The van der Waals surface area contributed by atoms with Gasteiger partial charge in [0, 0.05) is 30.8 Å². The number of ether oxygens (including phenoxy) is 2. The molecule has 0 unspecified atom stereocenters. The highest BCUT2D eigenvalue weighted by Gasteiger charge is 2.31. The number of non-ortho nitro benzene ring substituents is 1. The van der Waals surface area contributed by atoms with E-state index in [1.165, 1.54) is 24.3 Å². The van der Waals surface area contributed by atoms with Crippen molar-refractivity contribution < 1.29 is 36.9 Å². The number of carbonyl (C=O) groups excluding carboxylic acids is 1. The van der Waals surface area contributed by atoms with Crippen LogP contribution in [-0.2, 0) is 22.3 Å². The molecule has 13 heteroatoms. The number of nitro groups is 1. The van der Waals surface area contributed by atoms with Gasteiger partial charge in [-0.2, -0.15) is 18.2 Å². The minimum absolute atomic E-state index is 0.0197. The molecule has 2 aromatic carbocycles. The Morgan fingerprint density at radius 1 is 1.18 bits per heavy atom. The third-order valence-corrected chi connectivity index (χ3v) is 5.01. The highest BCUT2D eigenvalue weighted by atomic mass is 19.4. The first-order chi connectivity index (χ1) is 16.2. The van der Waals surface area contributed by atoms with Crippen LogP contribution in [0, 0.1) is 10.1 Å². The van der Waals surface area contributed by atoms with E-state index in [0.29, 0.717) is 32.0 Å². The standard InChI is InChI=1S/C21H17F3N4O6/c22-21(23,24)14-3-1-2-13(10-14)19-25-18(34-26-19)12-33-20(29)16-11-15(28(30)31)4-5-17(16)27-6-8-32-9-7-27/h1-5,10-11H,6-9,12H2. The van der Waals surface area contributed by atoms with Crippen LogP contribution in [0.5, 0.6) is 0 Å². The zero-order valence-corrected chi connectivity index (χ0v) is 17.4. The third kappa shape index (κ3) is 5.14. The molecule has 1 aliphatic rings. The lowest BCUT2D eigenvalue weighted by molar-refractivity contribution is -0.384. The molecule has 178 valence electrons. The minimum atomic E-state index is -4.53. The molecule has 0 aliphatic carbocycles. The first-order valence-electron chi connectivity index (χ1n) is 10.0. The van der Waals surface area contributed by atoms with Gasteiger partial charge in [-0.3, -0.25) is 10.1 Å². The van der Waals surface area contributed by atoms with E-state index in [1.54, 1.807) is 0 Å². The quantitative estimate of drug-likeness (QED) is 0.295. The molecular formula is C21H17F3N4O6. The Bertz CT molecular complexity index is 1210. The summed E-state index contributed by atoms with van der Waals surface area (Å²) in [5, 5.41) is 14.8. The second kappa shape index (κ2) is 9.47. The minimum Gasteiger partial charge on any atom is -0.452 e. The Balaban J connectivity index is 1.51. The van der Waals surface area contributed by atoms with Crippen molar-refractivity contribution in [3.05, 3.63) is 69.6 Å². The van der Waals surface area contributed by atoms with Crippen LogP contribution in [0.15, 0.2) is 47.0 Å². The summed E-state index contributed by atoms with van der Waals surface area (Å²) in [6.07, 6.45) is -4.53. The Morgan fingerprint density at radius 2 is 1.94 bits per heavy atom. The van der Waals surface area contributed by atoms with Gasteiger partial charge in [0.15, 0.2) is 6.61 Å². The fraction of sp³-hybridized carbons (Fsp3) is 0.286. The molecule has 2 heterocycles. The predicted octanol–water partition coefficient (Wildman–Crippen LogP) is 3.86. The number of nitrogens with zero attached hydrogens (tertiary/aromatic N) is 4. The average Bonchev–Trinajstić information content (AvgIpc) is 3.31. The van der Waals surface area contributed by atoms with Gasteiger partial charge in [-0.1, -0.05) is 17.3 Å². The molecule has 3 aromatic rings. The number of carbonyl (C=O) groups is 1. The normalized spacial score (nSPS) is 14.1. The first kappa shape index (κ1) is 23.2. The summed E-state index contributed by atoms with van der Waals surface area (Å²) in [5.74, 6) is -1.12. The van der Waals surface area contributed by atoms with Crippen molar-refractivity contribution in [2.45, 2.75) is 12.8 Å². The molecule has 1 saturated heterocycles. The lowest BCUT2D eigenvalue weighted by Gasteiger charge is -2.30. The van der Waals surface area contributed by atoms with Crippen LogP contribution < -0.4 is 4.90 Å². The van der Waals surface area contributed by atoms with E-state index in [-0.39, 0.29) is 28.5 Å². The van der Waals surface area contributed by atoms with Crippen molar-refractivity contribution in [2.75, 3.05) is 31.2 Å². The maximum absolute atomic E-state index is 12.9. The van der Waals surface area contributed by atoms with E-state index in [1.807, 2.05) is 4.90 Å². The summed E-state index contributed by atoms with van der Waals surface area (Å²) < 4.78 is 54.3. The zero-order valence-electron chi connectivity index (χ0n) is 17.4. The Morgan fingerprint density at radius 3 is 2.65 bits per heavy atom. The Hall–Kier alpha value is -4.00. The Labute approximate surface area is 190 Å². The van der Waals surface area contributed by atoms with Crippen LogP contribution in [0.25, 0.3) is 11.4 Å². The van der Waals surface area contributed by atoms with Gasteiger partial charge in [0.1, 0.15) is 0 Å². The average molecular weight is 478 g/mol. The maximum atomic E-state index is 12.9. The van der Waals surface area contributed by atoms with Crippen molar-refractivity contribution in [1.82, 2.24) is 10.1 Å². The maximum Gasteiger partial charge on any atom is 0.416 e. The predicted molar refractivity (Wildman–Crippen MR) is 110 cm³/mol. The fourth-order valence-electron chi connectivity index (χ4n) is 3.35. The van der Waals surface area contributed by atoms with Crippen molar-refractivity contribution in [3.63, 3.8) is 0 Å². The summed E-state index contributed by atoms with van der Waals surface area (Å²) >= 11 is 0. The molecule has 0 N–H and O–H groups in total. The van der Waals surface area contributed by atoms with E-state index >= 15 is 0 Å². The number of hydrogen-bond acceptors (Lipinski definition) is 9. The number of hydrogen-bond donors (Lipinski definition) is 0. The lowest BCUT2D eigenvalue weighted by Crippen LogP contribution is -2.37. The fourth-order valence-corrected chi connectivity index (χ4v) is 3.35. The van der Waals surface area contributed by atoms with Crippen LogP contribution in [0.1, 0.15) is 21.8 Å². The monoisotopic (exact) mass is 478 g/mol. The van der Waals surface area contributed by atoms with Gasteiger partial charge >= 0.3 is 12.1 Å². The largest absolute Gasteiger partial charge is 0.452 e. The lowest BCUT2D eigenvalue weighted by atomic mass is 10.1. The van der Waals surface area contributed by atoms with Crippen LogP contribution in [-0.4, -0.2) is 47.3 Å². The summed E-state index contributed by atoms with van der Waals surface area (Å²) in [7, 11) is 0. The smallest absolute Gasteiger partial charge is 0.416 e. The van der Waals surface area contributed by atoms with Gasteiger partial charge in [-0.15, -0.1) is 0 Å². The van der Waals surface area contributed by atoms with Gasteiger partial charge < -0.3 is 18.9 Å². The third-order valence-electron chi connectivity index (χ3n) is 5.01. The van der Waals surface area contributed by atoms with Crippen molar-refractivity contribution in [1.29, 1.82) is 0 Å². The zero-order chi connectivity index (χ0) is 24.3. The molecule has 34 heavy (non-hydrogen) atoms. The van der Waals surface area contributed by atoms with Gasteiger partial charge in [0.2, 0.25) is 5.82 Å². The van der Waals surface area contributed by atoms with E-state index in [2.05, 4.69) is 10.1 Å². The SMILES string of the molecule is O=C(OCc1nc(-c2cccc(C(F)(F)F)c2)no1)c1cc([N+](=O)[O-])ccc1N1CCOCC1. The molecule has 1 aliphatic heterocycles. The van der Waals surface area contributed by atoms with E-state index in [4.69, 9.17) is 14.0 Å². The number of esters is 1. The van der Waals surface area contributed by atoms with Gasteiger partial charge in [-0.25, -0.2) is 4.79 Å². The van der Waals surface area contributed by atoms with E-state index in [0.717, 1.165) is 18.2 Å². The number of halogens is 3. The number of alkyl halides is 3. The van der Waals surface area contributed by atoms with Crippen LogP contribution in [0.3, 0.4) is 0 Å². The molecular weight excluding hydrogens is 461 g/mol. The van der Waals surface area contributed by atoms with Gasteiger partial charge in [0.25, 0.3) is 11.6 Å². The second-order valence-electron chi connectivity index (χ2n) is 7.22. The summed E-state index contributed by atoms with van der Waals surface area (Å²) in [5.41, 5.74) is -0.648. The number of aromatic nitrogens is 2. The van der Waals surface area contributed by atoms with Crippen molar-refractivity contribution in [3.8, 4) is 11.4 Å². The highest BCUT2D eigenvalue weighted by Crippen LogP contribution is 2.32. The molecule has 1 fully saturated rings. The van der Waals surface area contributed by atoms with E-state index < -0.39 is 29.2 Å². The molecule has 0 atom stereocenters. The molecule has 10 nitrogen and oxygen atoms in total. The molecule has 0 spiro atoms. The molecule has 4 rings (SSSR count). The number of benzene rings is 2. The summed E-state index contributed by atoms with van der Waals surface area (Å²) in [6, 6.07) is 8.27. The molecule has 0 bridgehead atoms. The first-order valence-corrected chi connectivity index (χ1v) is 10.0.